The standard InChI is InChI=1S/C26H21ClF4N6O4/c1-3-19(25(40)33-18-6-4-13(24(32)39)8-17(18)28)36-11-21(41-2)16(10-23(36)38)15-9-14(27)5-7-20(15)37-12-22(34-35-37)26(29,30)31/h4-12,19H,3H2,1-2H3,(H2,32,39)(H,33,40)/t19-/m0/s1. The van der Waals surface area contributed by atoms with Crippen LogP contribution in [-0.2, 0) is 11.0 Å². The fourth-order valence-electron chi connectivity index (χ4n) is 4.07. The molecule has 2 heterocycles. The van der Waals surface area contributed by atoms with Crippen LogP contribution < -0.4 is 21.3 Å². The van der Waals surface area contributed by atoms with E-state index in [0.29, 0.717) is 6.20 Å². The molecule has 3 N–H and O–H groups in total. The minimum Gasteiger partial charge on any atom is -0.495 e. The smallest absolute Gasteiger partial charge is 0.436 e. The fraction of sp³-hybridized carbons (Fsp3) is 0.192. The van der Waals surface area contributed by atoms with E-state index >= 15 is 0 Å². The van der Waals surface area contributed by atoms with Crippen LogP contribution in [0.25, 0.3) is 16.8 Å². The third-order valence-electron chi connectivity index (χ3n) is 6.08. The summed E-state index contributed by atoms with van der Waals surface area (Å²) >= 11 is 6.17. The van der Waals surface area contributed by atoms with Gasteiger partial charge in [0.15, 0.2) is 5.69 Å². The Morgan fingerprint density at radius 2 is 1.85 bits per heavy atom. The first-order chi connectivity index (χ1) is 19.3. The van der Waals surface area contributed by atoms with Gasteiger partial charge in [0.05, 0.1) is 30.9 Å². The van der Waals surface area contributed by atoms with E-state index in [4.69, 9.17) is 22.1 Å². The Morgan fingerprint density at radius 3 is 2.44 bits per heavy atom. The first-order valence-corrected chi connectivity index (χ1v) is 12.2. The number of carbonyl (C=O) groups is 2. The normalized spacial score (nSPS) is 12.2. The number of hydrogen-bond acceptors (Lipinski definition) is 6. The number of primary amides is 1. The third-order valence-corrected chi connectivity index (χ3v) is 6.32. The van der Waals surface area contributed by atoms with Gasteiger partial charge in [-0.1, -0.05) is 23.7 Å². The third kappa shape index (κ3) is 6.06. The average Bonchev–Trinajstić information content (AvgIpc) is 3.42. The van der Waals surface area contributed by atoms with Crippen molar-refractivity contribution in [3.05, 3.63) is 87.3 Å². The van der Waals surface area contributed by atoms with E-state index < -0.39 is 41.1 Å². The molecule has 0 unspecified atom stereocenters. The summed E-state index contributed by atoms with van der Waals surface area (Å²) in [4.78, 5) is 37.6. The van der Waals surface area contributed by atoms with Crippen molar-refractivity contribution in [3.63, 3.8) is 0 Å². The summed E-state index contributed by atoms with van der Waals surface area (Å²) in [7, 11) is 1.30. The van der Waals surface area contributed by atoms with Crippen molar-refractivity contribution in [2.45, 2.75) is 25.6 Å². The van der Waals surface area contributed by atoms with Crippen LogP contribution in [0.5, 0.6) is 5.75 Å². The molecule has 0 spiro atoms. The second-order valence-corrected chi connectivity index (χ2v) is 9.12. The second-order valence-electron chi connectivity index (χ2n) is 8.68. The van der Waals surface area contributed by atoms with Gasteiger partial charge in [-0.3, -0.25) is 19.0 Å². The molecule has 2 aromatic heterocycles. The summed E-state index contributed by atoms with van der Waals surface area (Å²) in [5.74, 6) is -2.41. The predicted molar refractivity (Wildman–Crippen MR) is 140 cm³/mol. The van der Waals surface area contributed by atoms with Crippen LogP contribution in [0.3, 0.4) is 0 Å². The molecule has 0 fully saturated rings. The average molecular weight is 593 g/mol. The molecule has 4 rings (SSSR count). The highest BCUT2D eigenvalue weighted by atomic mass is 35.5. The first-order valence-electron chi connectivity index (χ1n) is 11.8. The highest BCUT2D eigenvalue weighted by Gasteiger charge is 2.35. The van der Waals surface area contributed by atoms with Crippen LogP contribution in [0, 0.1) is 5.82 Å². The van der Waals surface area contributed by atoms with E-state index in [9.17, 15) is 31.9 Å². The van der Waals surface area contributed by atoms with E-state index in [2.05, 4.69) is 15.6 Å². The van der Waals surface area contributed by atoms with Gasteiger partial charge in [0.1, 0.15) is 17.6 Å². The number of carbonyl (C=O) groups excluding carboxylic acids is 2. The lowest BCUT2D eigenvalue weighted by atomic mass is 10.0. The molecule has 0 aliphatic carbocycles. The molecule has 0 bridgehead atoms. The van der Waals surface area contributed by atoms with E-state index in [0.717, 1.165) is 21.4 Å². The molecular formula is C26H21ClF4N6O4. The number of amides is 2. The summed E-state index contributed by atoms with van der Waals surface area (Å²) in [6, 6.07) is 7.53. The quantitative estimate of drug-likeness (QED) is 0.287. The van der Waals surface area contributed by atoms with E-state index in [-0.39, 0.29) is 45.3 Å². The van der Waals surface area contributed by atoms with Crippen molar-refractivity contribution in [2.24, 2.45) is 5.73 Å². The highest BCUT2D eigenvalue weighted by molar-refractivity contribution is 6.31. The monoisotopic (exact) mass is 592 g/mol. The lowest BCUT2D eigenvalue weighted by molar-refractivity contribution is -0.141. The molecule has 2 aromatic carbocycles. The molecule has 2 amide bonds. The van der Waals surface area contributed by atoms with Gasteiger partial charge in [-0.15, -0.1) is 5.10 Å². The minimum absolute atomic E-state index is 0.0764. The van der Waals surface area contributed by atoms with Crippen LogP contribution in [0.15, 0.2) is 59.7 Å². The maximum absolute atomic E-state index is 14.5. The summed E-state index contributed by atoms with van der Waals surface area (Å²) in [6.07, 6.45) is -2.68. The summed E-state index contributed by atoms with van der Waals surface area (Å²) < 4.78 is 61.3. The molecule has 214 valence electrons. The molecule has 1 atom stereocenters. The predicted octanol–water partition coefficient (Wildman–Crippen LogP) is 4.60. The molecule has 0 aliphatic rings. The zero-order valence-corrected chi connectivity index (χ0v) is 22.1. The van der Waals surface area contributed by atoms with Crippen molar-refractivity contribution in [3.8, 4) is 22.6 Å². The molecule has 41 heavy (non-hydrogen) atoms. The van der Waals surface area contributed by atoms with Crippen LogP contribution >= 0.6 is 11.6 Å². The summed E-state index contributed by atoms with van der Waals surface area (Å²) in [5, 5.41) is 9.33. The Kier molecular flexibility index (Phi) is 8.14. The minimum atomic E-state index is -4.73. The lowest BCUT2D eigenvalue weighted by Crippen LogP contribution is -2.33. The maximum atomic E-state index is 14.5. The van der Waals surface area contributed by atoms with Crippen molar-refractivity contribution >= 4 is 29.1 Å². The Bertz CT molecular complexity index is 1700. The molecular weight excluding hydrogens is 572 g/mol. The van der Waals surface area contributed by atoms with Crippen LogP contribution in [0.2, 0.25) is 5.02 Å². The molecule has 0 radical (unpaired) electrons. The fourth-order valence-corrected chi connectivity index (χ4v) is 4.25. The number of rotatable bonds is 8. The van der Waals surface area contributed by atoms with Crippen molar-refractivity contribution < 1.29 is 31.9 Å². The van der Waals surface area contributed by atoms with Crippen LogP contribution in [-0.4, -0.2) is 38.5 Å². The number of nitrogens with zero attached hydrogens (tertiary/aromatic N) is 4. The number of aromatic nitrogens is 4. The highest BCUT2D eigenvalue weighted by Crippen LogP contribution is 2.36. The van der Waals surface area contributed by atoms with Gasteiger partial charge in [-0.2, -0.15) is 13.2 Å². The van der Waals surface area contributed by atoms with Crippen molar-refractivity contribution in [1.29, 1.82) is 0 Å². The number of anilines is 1. The number of ether oxygens (including phenoxy) is 1. The topological polar surface area (TPSA) is 134 Å². The SMILES string of the molecule is CC[C@@H](C(=O)Nc1ccc(C(N)=O)cc1F)n1cc(OC)c(-c2cc(Cl)ccc2-n2cc(C(F)(F)F)nn2)cc1=O. The zero-order valence-electron chi connectivity index (χ0n) is 21.4. The van der Waals surface area contributed by atoms with Crippen LogP contribution in [0.1, 0.15) is 35.4 Å². The second kappa shape index (κ2) is 11.4. The van der Waals surface area contributed by atoms with Gasteiger partial charge < -0.3 is 15.8 Å². The van der Waals surface area contributed by atoms with E-state index in [1.165, 1.54) is 43.6 Å². The van der Waals surface area contributed by atoms with Gasteiger partial charge in [-0.05, 0) is 42.8 Å². The molecule has 0 saturated heterocycles. The lowest BCUT2D eigenvalue weighted by Gasteiger charge is -2.21. The molecule has 15 heteroatoms. The Labute approximate surface area is 234 Å². The number of methoxy groups -OCH3 is 1. The molecule has 10 nitrogen and oxygen atoms in total. The Balaban J connectivity index is 1.75. The molecule has 0 saturated carbocycles. The number of benzene rings is 2. The first kappa shape index (κ1) is 29.3. The van der Waals surface area contributed by atoms with Gasteiger partial charge in [0, 0.05) is 27.8 Å². The Hall–Kier alpha value is -4.72. The van der Waals surface area contributed by atoms with E-state index in [1.54, 1.807) is 6.92 Å². The molecule has 0 aliphatic heterocycles. The number of halogens is 5. The van der Waals surface area contributed by atoms with Crippen LogP contribution in [0.4, 0.5) is 23.2 Å². The van der Waals surface area contributed by atoms with Crippen molar-refractivity contribution in [1.82, 2.24) is 19.6 Å². The number of alkyl halides is 3. The Morgan fingerprint density at radius 1 is 1.12 bits per heavy atom. The van der Waals surface area contributed by atoms with Crippen molar-refractivity contribution in [2.75, 3.05) is 12.4 Å². The zero-order chi connectivity index (χ0) is 30.1. The van der Waals surface area contributed by atoms with Gasteiger partial charge in [-0.25, -0.2) is 9.07 Å². The number of nitrogens with one attached hydrogen (secondary N) is 1. The number of pyridine rings is 1. The van der Waals surface area contributed by atoms with Gasteiger partial charge in [0.2, 0.25) is 11.8 Å². The van der Waals surface area contributed by atoms with Gasteiger partial charge in [0.25, 0.3) is 5.56 Å². The largest absolute Gasteiger partial charge is 0.495 e. The summed E-state index contributed by atoms with van der Waals surface area (Å²) in [6.45, 7) is 1.63. The van der Waals surface area contributed by atoms with E-state index in [1.807, 2.05) is 0 Å². The van der Waals surface area contributed by atoms with Gasteiger partial charge >= 0.3 is 6.18 Å². The number of hydrogen-bond donors (Lipinski definition) is 2. The maximum Gasteiger partial charge on any atom is 0.436 e. The summed E-state index contributed by atoms with van der Waals surface area (Å²) in [5.41, 5.74) is 3.39. The molecule has 4 aromatic rings. The number of nitrogens with two attached hydrogens (primary N) is 1.